The van der Waals surface area contributed by atoms with Gasteiger partial charge in [0.2, 0.25) is 0 Å². The third kappa shape index (κ3) is 4.71. The van der Waals surface area contributed by atoms with E-state index in [4.69, 9.17) is 5.73 Å². The van der Waals surface area contributed by atoms with Crippen LogP contribution >= 0.6 is 21.6 Å². The largest absolute Gasteiger partial charge is 0.321 e. The van der Waals surface area contributed by atoms with Crippen molar-refractivity contribution in [2.45, 2.75) is 19.9 Å². The van der Waals surface area contributed by atoms with Crippen LogP contribution < -0.4 is 5.73 Å². The zero-order chi connectivity index (χ0) is 8.85. The summed E-state index contributed by atoms with van der Waals surface area (Å²) in [6, 6.07) is -0.285. The quantitative estimate of drug-likeness (QED) is 0.673. The molecule has 1 atom stereocenters. The summed E-state index contributed by atoms with van der Waals surface area (Å²) in [7, 11) is 3.28. The van der Waals surface area contributed by atoms with Crippen LogP contribution in [-0.2, 0) is 4.79 Å². The molecule has 0 saturated carbocycles. The van der Waals surface area contributed by atoms with Gasteiger partial charge >= 0.3 is 0 Å². The Bertz CT molecular complexity index is 128. The molecule has 0 spiro atoms. The highest BCUT2D eigenvalue weighted by atomic mass is 33.1. The van der Waals surface area contributed by atoms with E-state index < -0.39 is 0 Å². The third-order valence-electron chi connectivity index (χ3n) is 1.30. The van der Waals surface area contributed by atoms with Crippen molar-refractivity contribution >= 4 is 27.4 Å². The standard InChI is InChI=1S/C7H15NOS2/c1-5(2)7(9)6(8)4-11-10-3/h5-6H,4,8H2,1-3H3. The zero-order valence-electron chi connectivity index (χ0n) is 7.16. The second-order valence-corrected chi connectivity index (χ2v) is 5.22. The highest BCUT2D eigenvalue weighted by Gasteiger charge is 2.16. The van der Waals surface area contributed by atoms with Gasteiger partial charge in [0, 0.05) is 11.7 Å². The van der Waals surface area contributed by atoms with E-state index in [1.165, 1.54) is 0 Å². The Morgan fingerprint density at radius 2 is 2.09 bits per heavy atom. The summed E-state index contributed by atoms with van der Waals surface area (Å²) >= 11 is 0. The summed E-state index contributed by atoms with van der Waals surface area (Å²) in [6.07, 6.45) is 1.98. The molecule has 0 saturated heterocycles. The summed E-state index contributed by atoms with van der Waals surface area (Å²) in [4.78, 5) is 11.2. The Kier molecular flexibility index (Phi) is 6.09. The molecular formula is C7H15NOS2. The van der Waals surface area contributed by atoms with Crippen LogP contribution in [0.1, 0.15) is 13.8 Å². The Morgan fingerprint density at radius 3 is 2.45 bits per heavy atom. The molecule has 0 amide bonds. The number of carbonyl (C=O) groups excluding carboxylic acids is 1. The fourth-order valence-electron chi connectivity index (χ4n) is 0.652. The smallest absolute Gasteiger partial charge is 0.152 e. The molecule has 0 bridgehead atoms. The summed E-state index contributed by atoms with van der Waals surface area (Å²) in [6.45, 7) is 3.76. The average Bonchev–Trinajstić information content (AvgIpc) is 1.98. The predicted molar refractivity (Wildman–Crippen MR) is 53.8 cm³/mol. The molecule has 2 nitrogen and oxygen atoms in total. The first-order chi connectivity index (χ1) is 5.09. The fraction of sp³-hybridized carbons (Fsp3) is 0.857. The van der Waals surface area contributed by atoms with Crippen LogP contribution in [0.2, 0.25) is 0 Å². The van der Waals surface area contributed by atoms with Crippen molar-refractivity contribution in [3.05, 3.63) is 0 Å². The van der Waals surface area contributed by atoms with Gasteiger partial charge in [-0.25, -0.2) is 0 Å². The number of carbonyl (C=O) groups is 1. The lowest BCUT2D eigenvalue weighted by molar-refractivity contribution is -0.122. The van der Waals surface area contributed by atoms with Crippen LogP contribution in [0, 0.1) is 5.92 Å². The van der Waals surface area contributed by atoms with Gasteiger partial charge in [0.15, 0.2) is 5.78 Å². The minimum absolute atomic E-state index is 0.0625. The Hall–Kier alpha value is 0.330. The van der Waals surface area contributed by atoms with Crippen molar-refractivity contribution < 1.29 is 4.79 Å². The number of ketones is 1. The lowest BCUT2D eigenvalue weighted by Crippen LogP contribution is -2.35. The predicted octanol–water partition coefficient (Wildman–Crippen LogP) is 1.55. The van der Waals surface area contributed by atoms with Crippen molar-refractivity contribution in [3.8, 4) is 0 Å². The van der Waals surface area contributed by atoms with Crippen LogP contribution in [0.15, 0.2) is 0 Å². The van der Waals surface area contributed by atoms with E-state index in [0.29, 0.717) is 0 Å². The van der Waals surface area contributed by atoms with Gasteiger partial charge in [0.05, 0.1) is 6.04 Å². The monoisotopic (exact) mass is 193 g/mol. The van der Waals surface area contributed by atoms with Gasteiger partial charge in [-0.15, -0.1) is 0 Å². The fourth-order valence-corrected chi connectivity index (χ4v) is 1.95. The molecule has 0 radical (unpaired) electrons. The van der Waals surface area contributed by atoms with Gasteiger partial charge in [-0.3, -0.25) is 4.79 Å². The molecule has 11 heavy (non-hydrogen) atoms. The first-order valence-corrected chi connectivity index (χ1v) is 6.27. The van der Waals surface area contributed by atoms with Gasteiger partial charge in [-0.05, 0) is 6.26 Å². The molecule has 0 heterocycles. The Morgan fingerprint density at radius 1 is 1.55 bits per heavy atom. The lowest BCUT2D eigenvalue weighted by Gasteiger charge is -2.10. The molecule has 0 aliphatic carbocycles. The van der Waals surface area contributed by atoms with Crippen LogP contribution in [0.4, 0.5) is 0 Å². The first kappa shape index (κ1) is 11.3. The number of nitrogens with two attached hydrogens (primary N) is 1. The number of Topliss-reactive ketones (excluding diaryl/α,β-unsaturated/α-hetero) is 1. The average molecular weight is 193 g/mol. The van der Waals surface area contributed by atoms with E-state index in [0.717, 1.165) is 5.75 Å². The molecule has 0 aromatic heterocycles. The highest BCUT2D eigenvalue weighted by molar-refractivity contribution is 8.76. The molecular weight excluding hydrogens is 178 g/mol. The van der Waals surface area contributed by atoms with Crippen molar-refractivity contribution in [1.29, 1.82) is 0 Å². The SMILES string of the molecule is CSSCC(N)C(=O)C(C)C. The maximum atomic E-state index is 11.2. The number of rotatable bonds is 5. The first-order valence-electron chi connectivity index (χ1n) is 3.54. The molecule has 0 aromatic rings. The zero-order valence-corrected chi connectivity index (χ0v) is 8.80. The van der Waals surface area contributed by atoms with E-state index in [1.54, 1.807) is 21.6 Å². The van der Waals surface area contributed by atoms with E-state index in [2.05, 4.69) is 0 Å². The molecule has 0 aromatic carbocycles. The van der Waals surface area contributed by atoms with Gasteiger partial charge in [-0.2, -0.15) is 0 Å². The van der Waals surface area contributed by atoms with Crippen LogP contribution in [-0.4, -0.2) is 23.8 Å². The topological polar surface area (TPSA) is 43.1 Å². The van der Waals surface area contributed by atoms with Crippen molar-refractivity contribution in [2.75, 3.05) is 12.0 Å². The van der Waals surface area contributed by atoms with Gasteiger partial charge in [0.25, 0.3) is 0 Å². The minimum atomic E-state index is -0.285. The maximum absolute atomic E-state index is 11.2. The molecule has 0 aliphatic heterocycles. The molecule has 66 valence electrons. The van der Waals surface area contributed by atoms with Crippen molar-refractivity contribution in [2.24, 2.45) is 11.7 Å². The number of hydrogen-bond acceptors (Lipinski definition) is 4. The highest BCUT2D eigenvalue weighted by Crippen LogP contribution is 2.17. The number of hydrogen-bond donors (Lipinski definition) is 1. The van der Waals surface area contributed by atoms with E-state index in [1.807, 2.05) is 20.1 Å². The minimum Gasteiger partial charge on any atom is -0.321 e. The summed E-state index contributed by atoms with van der Waals surface area (Å²) in [5.74, 6) is 0.942. The van der Waals surface area contributed by atoms with E-state index in [9.17, 15) is 4.79 Å². The summed E-state index contributed by atoms with van der Waals surface area (Å²) in [5.41, 5.74) is 5.62. The van der Waals surface area contributed by atoms with Crippen molar-refractivity contribution in [3.63, 3.8) is 0 Å². The second-order valence-electron chi connectivity index (χ2n) is 2.61. The molecule has 2 N–H and O–H groups in total. The molecule has 0 rings (SSSR count). The van der Waals surface area contributed by atoms with Gasteiger partial charge < -0.3 is 5.73 Å². The summed E-state index contributed by atoms with van der Waals surface area (Å²) < 4.78 is 0. The normalized spacial score (nSPS) is 13.5. The van der Waals surface area contributed by atoms with Crippen molar-refractivity contribution in [1.82, 2.24) is 0 Å². The van der Waals surface area contributed by atoms with Crippen LogP contribution in [0.25, 0.3) is 0 Å². The summed E-state index contributed by atoms with van der Waals surface area (Å²) in [5, 5.41) is 0. The third-order valence-corrected chi connectivity index (χ3v) is 3.15. The van der Waals surface area contributed by atoms with Gasteiger partial charge in [0.1, 0.15) is 0 Å². The Labute approximate surface area is 76.1 Å². The van der Waals surface area contributed by atoms with E-state index in [-0.39, 0.29) is 17.7 Å². The van der Waals surface area contributed by atoms with Crippen LogP contribution in [0.3, 0.4) is 0 Å². The molecule has 4 heteroatoms. The molecule has 0 fully saturated rings. The van der Waals surface area contributed by atoms with Gasteiger partial charge in [-0.1, -0.05) is 35.4 Å². The van der Waals surface area contributed by atoms with E-state index >= 15 is 0 Å². The molecule has 1 unspecified atom stereocenters. The maximum Gasteiger partial charge on any atom is 0.152 e. The second kappa shape index (κ2) is 5.91. The Balaban J connectivity index is 3.64. The lowest BCUT2D eigenvalue weighted by atomic mass is 10.0. The molecule has 0 aliphatic rings. The van der Waals surface area contributed by atoms with Crippen LogP contribution in [0.5, 0.6) is 0 Å².